The zero-order valence-electron chi connectivity index (χ0n) is 7.12. The maximum Gasteiger partial charge on any atom is 0.0757 e. The van der Waals surface area contributed by atoms with E-state index in [1.807, 2.05) is 31.3 Å². The molecule has 0 fully saturated rings. The molecule has 1 atom stereocenters. The standard InChI is InChI=1S/C9H14N2S/c1-11-9(12)8-4-2-7(6-10)3-5-8/h2-5,9,11-12H,6,10H2,1H3. The molecule has 0 amide bonds. The molecular formula is C9H14N2S. The van der Waals surface area contributed by atoms with E-state index in [2.05, 4.69) is 17.9 Å². The van der Waals surface area contributed by atoms with Crippen LogP contribution < -0.4 is 11.1 Å². The summed E-state index contributed by atoms with van der Waals surface area (Å²) in [4.78, 5) is 0. The van der Waals surface area contributed by atoms with Gasteiger partial charge in [0.1, 0.15) is 0 Å². The number of thiol groups is 1. The SMILES string of the molecule is CNC(S)c1ccc(CN)cc1. The maximum atomic E-state index is 5.47. The van der Waals surface area contributed by atoms with Crippen LogP contribution in [-0.4, -0.2) is 7.05 Å². The number of benzene rings is 1. The van der Waals surface area contributed by atoms with Gasteiger partial charge in [-0.1, -0.05) is 24.3 Å². The van der Waals surface area contributed by atoms with Crippen LogP contribution in [0.1, 0.15) is 16.5 Å². The summed E-state index contributed by atoms with van der Waals surface area (Å²) in [6, 6.07) is 8.12. The molecule has 1 aromatic rings. The van der Waals surface area contributed by atoms with Gasteiger partial charge in [-0.15, -0.1) is 0 Å². The Bertz CT molecular complexity index is 233. The van der Waals surface area contributed by atoms with E-state index < -0.39 is 0 Å². The summed E-state index contributed by atoms with van der Waals surface area (Å²) in [5, 5.41) is 3.16. The van der Waals surface area contributed by atoms with E-state index in [0.29, 0.717) is 6.54 Å². The minimum absolute atomic E-state index is 0.108. The largest absolute Gasteiger partial charge is 0.326 e. The first-order chi connectivity index (χ1) is 5.77. The van der Waals surface area contributed by atoms with Gasteiger partial charge in [0.15, 0.2) is 0 Å². The Morgan fingerprint density at radius 1 is 1.42 bits per heavy atom. The van der Waals surface area contributed by atoms with Crippen molar-refractivity contribution in [1.29, 1.82) is 0 Å². The molecule has 1 aromatic carbocycles. The van der Waals surface area contributed by atoms with E-state index in [0.717, 1.165) is 11.1 Å². The van der Waals surface area contributed by atoms with Crippen LogP contribution in [-0.2, 0) is 6.54 Å². The third kappa shape index (κ3) is 2.24. The quantitative estimate of drug-likeness (QED) is 0.487. The second-order valence-corrected chi connectivity index (χ2v) is 3.15. The molecule has 12 heavy (non-hydrogen) atoms. The van der Waals surface area contributed by atoms with Crippen LogP contribution in [0.2, 0.25) is 0 Å². The molecule has 0 heterocycles. The van der Waals surface area contributed by atoms with Crippen LogP contribution in [0.4, 0.5) is 0 Å². The second kappa shape index (κ2) is 4.50. The Kier molecular flexibility index (Phi) is 3.59. The first-order valence-electron chi connectivity index (χ1n) is 3.92. The molecule has 2 nitrogen and oxygen atoms in total. The minimum Gasteiger partial charge on any atom is -0.326 e. The first kappa shape index (κ1) is 9.58. The van der Waals surface area contributed by atoms with Crippen LogP contribution in [0.15, 0.2) is 24.3 Å². The van der Waals surface area contributed by atoms with Crippen molar-refractivity contribution in [3.8, 4) is 0 Å². The van der Waals surface area contributed by atoms with Crippen molar-refractivity contribution in [3.05, 3.63) is 35.4 Å². The molecule has 0 bridgehead atoms. The minimum atomic E-state index is 0.108. The third-order valence-corrected chi connectivity index (χ3v) is 2.36. The van der Waals surface area contributed by atoms with Crippen LogP contribution in [0, 0.1) is 0 Å². The van der Waals surface area contributed by atoms with Gasteiger partial charge in [0.2, 0.25) is 0 Å². The number of nitrogens with one attached hydrogen (secondary N) is 1. The Morgan fingerprint density at radius 3 is 2.42 bits per heavy atom. The zero-order valence-corrected chi connectivity index (χ0v) is 8.01. The van der Waals surface area contributed by atoms with Gasteiger partial charge in [-0.2, -0.15) is 12.6 Å². The van der Waals surface area contributed by atoms with Gasteiger partial charge in [-0.05, 0) is 18.2 Å². The Balaban J connectivity index is 2.77. The monoisotopic (exact) mass is 182 g/mol. The highest BCUT2D eigenvalue weighted by atomic mass is 32.1. The summed E-state index contributed by atoms with van der Waals surface area (Å²) in [5.41, 5.74) is 7.79. The van der Waals surface area contributed by atoms with E-state index in [1.165, 1.54) is 0 Å². The molecule has 0 aliphatic rings. The number of hydrogen-bond donors (Lipinski definition) is 3. The Hall–Kier alpha value is -0.510. The molecule has 0 aliphatic heterocycles. The Labute approximate surface area is 78.6 Å². The normalized spacial score (nSPS) is 12.9. The summed E-state index contributed by atoms with van der Waals surface area (Å²) < 4.78 is 0. The predicted molar refractivity (Wildman–Crippen MR) is 55.1 cm³/mol. The lowest BCUT2D eigenvalue weighted by Gasteiger charge is -2.09. The van der Waals surface area contributed by atoms with Crippen LogP contribution in [0.3, 0.4) is 0 Å². The van der Waals surface area contributed by atoms with Crippen LogP contribution >= 0.6 is 12.6 Å². The average Bonchev–Trinajstić information content (AvgIpc) is 2.17. The Morgan fingerprint density at radius 2 is 2.00 bits per heavy atom. The predicted octanol–water partition coefficient (Wildman–Crippen LogP) is 1.29. The summed E-state index contributed by atoms with van der Waals surface area (Å²) >= 11 is 4.34. The topological polar surface area (TPSA) is 38.0 Å². The molecule has 0 saturated carbocycles. The summed E-state index contributed by atoms with van der Waals surface area (Å²) in [6.07, 6.45) is 0. The van der Waals surface area contributed by atoms with Gasteiger partial charge in [0, 0.05) is 6.54 Å². The molecule has 3 heteroatoms. The lowest BCUT2D eigenvalue weighted by molar-refractivity contribution is 0.799. The fourth-order valence-electron chi connectivity index (χ4n) is 1.00. The number of nitrogens with two attached hydrogens (primary N) is 1. The lowest BCUT2D eigenvalue weighted by Crippen LogP contribution is -2.10. The highest BCUT2D eigenvalue weighted by Gasteiger charge is 2.01. The molecule has 0 saturated heterocycles. The average molecular weight is 182 g/mol. The highest BCUT2D eigenvalue weighted by molar-refractivity contribution is 7.80. The molecule has 0 radical (unpaired) electrons. The van der Waals surface area contributed by atoms with Gasteiger partial charge >= 0.3 is 0 Å². The van der Waals surface area contributed by atoms with Crippen molar-refractivity contribution >= 4 is 12.6 Å². The number of hydrogen-bond acceptors (Lipinski definition) is 3. The second-order valence-electron chi connectivity index (χ2n) is 2.64. The van der Waals surface area contributed by atoms with E-state index >= 15 is 0 Å². The van der Waals surface area contributed by atoms with E-state index in [9.17, 15) is 0 Å². The fraction of sp³-hybridized carbons (Fsp3) is 0.333. The third-order valence-electron chi connectivity index (χ3n) is 1.80. The molecule has 0 spiro atoms. The molecule has 66 valence electrons. The van der Waals surface area contributed by atoms with Gasteiger partial charge in [-0.3, -0.25) is 0 Å². The van der Waals surface area contributed by atoms with Gasteiger partial charge in [0.25, 0.3) is 0 Å². The van der Waals surface area contributed by atoms with Gasteiger partial charge in [-0.25, -0.2) is 0 Å². The summed E-state index contributed by atoms with van der Waals surface area (Å²) in [6.45, 7) is 0.594. The smallest absolute Gasteiger partial charge is 0.0757 e. The van der Waals surface area contributed by atoms with Crippen LogP contribution in [0.25, 0.3) is 0 Å². The van der Waals surface area contributed by atoms with E-state index in [-0.39, 0.29) is 5.37 Å². The molecule has 0 aliphatic carbocycles. The summed E-state index contributed by atoms with van der Waals surface area (Å²) in [5.74, 6) is 0. The fourth-order valence-corrected chi connectivity index (χ4v) is 1.17. The maximum absolute atomic E-state index is 5.47. The first-order valence-corrected chi connectivity index (χ1v) is 4.44. The molecule has 3 N–H and O–H groups in total. The van der Waals surface area contributed by atoms with Crippen molar-refractivity contribution in [2.24, 2.45) is 5.73 Å². The zero-order chi connectivity index (χ0) is 8.97. The van der Waals surface area contributed by atoms with Gasteiger partial charge in [0.05, 0.1) is 5.37 Å². The molecule has 1 rings (SSSR count). The van der Waals surface area contributed by atoms with E-state index in [1.54, 1.807) is 0 Å². The van der Waals surface area contributed by atoms with Crippen molar-refractivity contribution in [2.45, 2.75) is 11.9 Å². The summed E-state index contributed by atoms with van der Waals surface area (Å²) in [7, 11) is 1.88. The van der Waals surface area contributed by atoms with E-state index in [4.69, 9.17) is 5.73 Å². The van der Waals surface area contributed by atoms with Crippen LogP contribution in [0.5, 0.6) is 0 Å². The molecule has 1 unspecified atom stereocenters. The lowest BCUT2D eigenvalue weighted by atomic mass is 10.1. The number of rotatable bonds is 3. The van der Waals surface area contributed by atoms with Crippen molar-refractivity contribution in [1.82, 2.24) is 5.32 Å². The van der Waals surface area contributed by atoms with Gasteiger partial charge < -0.3 is 11.1 Å². The highest BCUT2D eigenvalue weighted by Crippen LogP contribution is 2.16. The molecular weight excluding hydrogens is 168 g/mol. The van der Waals surface area contributed by atoms with Crippen molar-refractivity contribution in [3.63, 3.8) is 0 Å². The van der Waals surface area contributed by atoms with Crippen molar-refractivity contribution in [2.75, 3.05) is 7.05 Å². The molecule has 0 aromatic heterocycles. The van der Waals surface area contributed by atoms with Crippen molar-refractivity contribution < 1.29 is 0 Å².